The van der Waals surface area contributed by atoms with E-state index in [0.29, 0.717) is 48.8 Å². The zero-order chi connectivity index (χ0) is 26.0. The number of aromatic nitrogens is 2. The van der Waals surface area contributed by atoms with Crippen LogP contribution in [0.3, 0.4) is 0 Å². The molecule has 0 atom stereocenters. The summed E-state index contributed by atoms with van der Waals surface area (Å²) in [5.41, 5.74) is 12.9. The van der Waals surface area contributed by atoms with Crippen LogP contribution in [0.1, 0.15) is 23.6 Å². The fourth-order valence-corrected chi connectivity index (χ4v) is 4.17. The molecule has 0 unspecified atom stereocenters. The van der Waals surface area contributed by atoms with Crippen molar-refractivity contribution in [3.8, 4) is 11.4 Å². The molecule has 1 aromatic heterocycles. The SMILES string of the molecule is CC(=O)N1CCN(c2[nH+]c(-c3ccccc3C(F)(F)F)nc(N=C(N)c3ccccc3N)c2C)CC1. The van der Waals surface area contributed by atoms with Gasteiger partial charge in [0.2, 0.25) is 17.5 Å². The number of halogens is 3. The smallest absolute Gasteiger partial charge is 0.398 e. The molecular weight excluding hydrogens is 471 g/mol. The number of piperazine rings is 1. The third kappa shape index (κ3) is 5.09. The molecule has 188 valence electrons. The predicted octanol–water partition coefficient (Wildman–Crippen LogP) is 3.18. The quantitative estimate of drug-likeness (QED) is 0.326. The molecule has 0 saturated carbocycles. The molecule has 11 heteroatoms. The van der Waals surface area contributed by atoms with Gasteiger partial charge in [-0.2, -0.15) is 18.2 Å². The lowest BCUT2D eigenvalue weighted by Crippen LogP contribution is -2.49. The maximum atomic E-state index is 13.8. The molecule has 8 nitrogen and oxygen atoms in total. The summed E-state index contributed by atoms with van der Waals surface area (Å²) >= 11 is 0. The van der Waals surface area contributed by atoms with E-state index in [0.717, 1.165) is 6.07 Å². The van der Waals surface area contributed by atoms with E-state index in [9.17, 15) is 18.0 Å². The van der Waals surface area contributed by atoms with E-state index < -0.39 is 11.7 Å². The number of amidine groups is 1. The van der Waals surface area contributed by atoms with Crippen LogP contribution >= 0.6 is 0 Å². The first-order chi connectivity index (χ1) is 17.1. The topological polar surface area (TPSA) is 115 Å². The molecule has 2 aromatic carbocycles. The summed E-state index contributed by atoms with van der Waals surface area (Å²) in [6.45, 7) is 5.24. The number of alkyl halides is 3. The van der Waals surface area contributed by atoms with Crippen molar-refractivity contribution in [2.45, 2.75) is 20.0 Å². The molecule has 2 heterocycles. The van der Waals surface area contributed by atoms with Crippen LogP contribution < -0.4 is 21.4 Å². The van der Waals surface area contributed by atoms with Gasteiger partial charge in [-0.05, 0) is 31.2 Å². The first-order valence-corrected chi connectivity index (χ1v) is 11.4. The van der Waals surface area contributed by atoms with Crippen molar-refractivity contribution in [2.75, 3.05) is 36.8 Å². The van der Waals surface area contributed by atoms with Gasteiger partial charge in [0, 0.05) is 18.2 Å². The lowest BCUT2D eigenvalue weighted by Gasteiger charge is -2.32. The summed E-state index contributed by atoms with van der Waals surface area (Å²) in [5, 5.41) is 0. The number of carbonyl (C=O) groups is 1. The van der Waals surface area contributed by atoms with Gasteiger partial charge in [-0.3, -0.25) is 9.69 Å². The molecule has 36 heavy (non-hydrogen) atoms. The Morgan fingerprint density at radius 3 is 2.33 bits per heavy atom. The van der Waals surface area contributed by atoms with Crippen molar-refractivity contribution >= 4 is 29.1 Å². The van der Waals surface area contributed by atoms with E-state index in [1.807, 2.05) is 4.90 Å². The van der Waals surface area contributed by atoms with Gasteiger partial charge >= 0.3 is 6.18 Å². The van der Waals surface area contributed by atoms with E-state index >= 15 is 0 Å². The van der Waals surface area contributed by atoms with Gasteiger partial charge in [0.05, 0.1) is 42.9 Å². The number of para-hydroxylation sites is 1. The predicted molar refractivity (Wildman–Crippen MR) is 132 cm³/mol. The molecule has 1 aliphatic heterocycles. The number of anilines is 2. The molecule has 0 radical (unpaired) electrons. The monoisotopic (exact) mass is 498 g/mol. The average Bonchev–Trinajstić information content (AvgIpc) is 2.85. The van der Waals surface area contributed by atoms with Crippen LogP contribution in [-0.2, 0) is 11.0 Å². The number of nitrogens with zero attached hydrogens (tertiary/aromatic N) is 4. The van der Waals surface area contributed by atoms with Gasteiger partial charge in [-0.15, -0.1) is 0 Å². The maximum absolute atomic E-state index is 13.8. The van der Waals surface area contributed by atoms with Crippen molar-refractivity contribution in [3.05, 3.63) is 65.2 Å². The third-order valence-corrected chi connectivity index (χ3v) is 6.14. The van der Waals surface area contributed by atoms with Gasteiger partial charge in [0.1, 0.15) is 5.84 Å². The Hall–Kier alpha value is -4.15. The fraction of sp³-hybridized carbons (Fsp3) is 0.280. The summed E-state index contributed by atoms with van der Waals surface area (Å²) < 4.78 is 41.4. The Labute approximate surface area is 206 Å². The normalized spacial score (nSPS) is 14.8. The van der Waals surface area contributed by atoms with Gasteiger partial charge in [-0.25, -0.2) is 4.98 Å². The van der Waals surface area contributed by atoms with E-state index in [2.05, 4.69) is 15.0 Å². The minimum absolute atomic E-state index is 0.00473. The van der Waals surface area contributed by atoms with Crippen LogP contribution in [0.25, 0.3) is 11.4 Å². The Kier molecular flexibility index (Phi) is 6.82. The van der Waals surface area contributed by atoms with Crippen LogP contribution in [0.15, 0.2) is 53.5 Å². The highest BCUT2D eigenvalue weighted by molar-refractivity contribution is 6.03. The van der Waals surface area contributed by atoms with Gasteiger partial charge in [-0.1, -0.05) is 29.2 Å². The van der Waals surface area contributed by atoms with Crippen molar-refractivity contribution in [3.63, 3.8) is 0 Å². The number of nitrogens with two attached hydrogens (primary N) is 2. The Bertz CT molecular complexity index is 1320. The number of H-pyrrole nitrogens is 1. The van der Waals surface area contributed by atoms with Crippen molar-refractivity contribution in [1.82, 2.24) is 9.88 Å². The molecule has 1 saturated heterocycles. The second kappa shape index (κ2) is 9.84. The Morgan fingerprint density at radius 1 is 1.06 bits per heavy atom. The fourth-order valence-electron chi connectivity index (χ4n) is 4.17. The molecule has 4 rings (SSSR count). The number of benzene rings is 2. The highest BCUT2D eigenvalue weighted by Crippen LogP contribution is 2.36. The molecular formula is C25H27F3N7O+. The maximum Gasteiger partial charge on any atom is 0.417 e. The number of carbonyl (C=O) groups excluding carboxylic acids is 1. The minimum Gasteiger partial charge on any atom is -0.398 e. The van der Waals surface area contributed by atoms with Crippen molar-refractivity contribution in [1.29, 1.82) is 0 Å². The van der Waals surface area contributed by atoms with Crippen molar-refractivity contribution < 1.29 is 22.9 Å². The van der Waals surface area contributed by atoms with Crippen LogP contribution in [-0.4, -0.2) is 47.8 Å². The van der Waals surface area contributed by atoms with Crippen molar-refractivity contribution in [2.24, 2.45) is 10.7 Å². The van der Waals surface area contributed by atoms with Crippen LogP contribution in [0.2, 0.25) is 0 Å². The molecule has 0 aliphatic carbocycles. The zero-order valence-corrected chi connectivity index (χ0v) is 19.9. The number of hydrogen-bond acceptors (Lipinski definition) is 5. The number of hydrogen-bond donors (Lipinski definition) is 2. The number of amides is 1. The Morgan fingerprint density at radius 2 is 1.69 bits per heavy atom. The first kappa shape index (κ1) is 25.0. The number of aromatic amines is 1. The molecule has 1 aliphatic rings. The molecule has 0 bridgehead atoms. The van der Waals surface area contributed by atoms with E-state index in [1.54, 1.807) is 36.1 Å². The van der Waals surface area contributed by atoms with E-state index in [1.165, 1.54) is 25.1 Å². The van der Waals surface area contributed by atoms with Gasteiger partial charge < -0.3 is 16.4 Å². The van der Waals surface area contributed by atoms with Crippen LogP contribution in [0.4, 0.5) is 30.5 Å². The highest BCUT2D eigenvalue weighted by Gasteiger charge is 2.36. The van der Waals surface area contributed by atoms with E-state index in [-0.39, 0.29) is 28.9 Å². The Balaban J connectivity index is 1.86. The van der Waals surface area contributed by atoms with Crippen LogP contribution in [0.5, 0.6) is 0 Å². The summed E-state index contributed by atoms with van der Waals surface area (Å²) in [6, 6.07) is 12.1. The number of aliphatic imine (C=N–C) groups is 1. The molecule has 3 aromatic rings. The largest absolute Gasteiger partial charge is 0.417 e. The highest BCUT2D eigenvalue weighted by atomic mass is 19.4. The summed E-state index contributed by atoms with van der Waals surface area (Å²) in [5.74, 6) is 0.809. The molecule has 1 fully saturated rings. The standard InChI is InChI=1S/C25H26F3N7O/c1-15-22(31-21(30)18-8-4-6-10-20(18)29)32-23(17-7-3-5-9-19(17)25(26,27)28)33-24(15)35-13-11-34(12-14-35)16(2)36/h3-10H,11-14,29H2,1-2H3,(H2,30,31,32,33)/p+1. The molecule has 0 spiro atoms. The lowest BCUT2D eigenvalue weighted by atomic mass is 10.1. The zero-order valence-electron chi connectivity index (χ0n) is 19.9. The molecule has 5 N–H and O–H groups in total. The summed E-state index contributed by atoms with van der Waals surface area (Å²) in [7, 11) is 0. The second-order valence-electron chi connectivity index (χ2n) is 8.50. The number of nitrogen functional groups attached to an aromatic ring is 1. The number of rotatable bonds is 4. The third-order valence-electron chi connectivity index (χ3n) is 6.14. The first-order valence-electron chi connectivity index (χ1n) is 11.4. The molecule has 1 amide bonds. The van der Waals surface area contributed by atoms with Gasteiger partial charge in [0.25, 0.3) is 5.82 Å². The summed E-state index contributed by atoms with van der Waals surface area (Å²) in [4.78, 5) is 27.5. The average molecular weight is 499 g/mol. The van der Waals surface area contributed by atoms with Gasteiger partial charge in [0.15, 0.2) is 0 Å². The second-order valence-corrected chi connectivity index (χ2v) is 8.50. The minimum atomic E-state index is -4.58. The van der Waals surface area contributed by atoms with Crippen LogP contribution in [0, 0.1) is 6.92 Å². The van der Waals surface area contributed by atoms with E-state index in [4.69, 9.17) is 11.5 Å². The lowest BCUT2D eigenvalue weighted by molar-refractivity contribution is -0.355. The summed E-state index contributed by atoms with van der Waals surface area (Å²) in [6.07, 6.45) is -4.58. The number of nitrogens with one attached hydrogen (secondary N) is 1.